The molecule has 1 aromatic heterocycles. The molecule has 0 amide bonds. The van der Waals surface area contributed by atoms with Crippen LogP contribution in [0.25, 0.3) is 11.0 Å². The largest absolute Gasteiger partial charge is 0.493 e. The van der Waals surface area contributed by atoms with Gasteiger partial charge in [-0.15, -0.1) is 0 Å². The molecule has 0 bridgehead atoms. The van der Waals surface area contributed by atoms with E-state index >= 15 is 0 Å². The van der Waals surface area contributed by atoms with E-state index in [1.807, 2.05) is 49.4 Å². The zero-order chi connectivity index (χ0) is 14.4. The molecule has 2 aromatic carbocycles. The van der Waals surface area contributed by atoms with Crippen LogP contribution in [0.1, 0.15) is 28.9 Å². The van der Waals surface area contributed by atoms with Gasteiger partial charge in [-0.05, 0) is 31.2 Å². The highest BCUT2D eigenvalue weighted by molar-refractivity contribution is 5.78. The van der Waals surface area contributed by atoms with Crippen molar-refractivity contribution in [1.82, 2.24) is 0 Å². The first-order valence-corrected chi connectivity index (χ1v) is 7.12. The molecule has 3 heteroatoms. The first-order chi connectivity index (χ1) is 10.2. The van der Waals surface area contributed by atoms with E-state index in [9.17, 15) is 5.11 Å². The van der Waals surface area contributed by atoms with Crippen molar-refractivity contribution in [1.29, 1.82) is 0 Å². The predicted molar refractivity (Wildman–Crippen MR) is 80.6 cm³/mol. The fourth-order valence-electron chi connectivity index (χ4n) is 2.98. The second-order valence-corrected chi connectivity index (χ2v) is 5.59. The van der Waals surface area contributed by atoms with Gasteiger partial charge in [0.25, 0.3) is 0 Å². The van der Waals surface area contributed by atoms with Crippen LogP contribution in [0.5, 0.6) is 5.75 Å². The number of hydrogen-bond acceptors (Lipinski definition) is 3. The predicted octanol–water partition coefficient (Wildman–Crippen LogP) is 3.95. The fraction of sp³-hybridized carbons (Fsp3) is 0.222. The number of benzene rings is 2. The van der Waals surface area contributed by atoms with Crippen molar-refractivity contribution in [2.24, 2.45) is 0 Å². The summed E-state index contributed by atoms with van der Waals surface area (Å²) < 4.78 is 11.5. The molecule has 0 fully saturated rings. The summed E-state index contributed by atoms with van der Waals surface area (Å²) in [7, 11) is 0. The monoisotopic (exact) mass is 280 g/mol. The van der Waals surface area contributed by atoms with E-state index in [2.05, 4.69) is 6.07 Å². The summed E-state index contributed by atoms with van der Waals surface area (Å²) in [6, 6.07) is 15.8. The zero-order valence-electron chi connectivity index (χ0n) is 11.7. The molecule has 2 heterocycles. The van der Waals surface area contributed by atoms with Crippen molar-refractivity contribution >= 4 is 11.0 Å². The molecule has 2 unspecified atom stereocenters. The maximum atomic E-state index is 10.7. The molecular weight excluding hydrogens is 264 g/mol. The van der Waals surface area contributed by atoms with E-state index in [0.717, 1.165) is 22.3 Å². The van der Waals surface area contributed by atoms with Crippen LogP contribution in [0.2, 0.25) is 0 Å². The smallest absolute Gasteiger partial charge is 0.134 e. The summed E-state index contributed by atoms with van der Waals surface area (Å²) in [5, 5.41) is 11.7. The van der Waals surface area contributed by atoms with Crippen molar-refractivity contribution in [3.8, 4) is 5.75 Å². The molecule has 0 spiro atoms. The number of aliphatic hydroxyl groups is 1. The average Bonchev–Trinajstić information content (AvgIpc) is 3.09. The highest BCUT2D eigenvalue weighted by Gasteiger charge is 2.32. The van der Waals surface area contributed by atoms with Gasteiger partial charge < -0.3 is 14.3 Å². The third-order valence-electron chi connectivity index (χ3n) is 4.10. The van der Waals surface area contributed by atoms with E-state index in [4.69, 9.17) is 9.15 Å². The summed E-state index contributed by atoms with van der Waals surface area (Å²) in [5.41, 5.74) is 3.03. The summed E-state index contributed by atoms with van der Waals surface area (Å²) in [4.78, 5) is 0. The number of para-hydroxylation sites is 1. The second-order valence-electron chi connectivity index (χ2n) is 5.59. The summed E-state index contributed by atoms with van der Waals surface area (Å²) in [5.74, 6) is 1.37. The number of aryl methyl sites for hydroxylation is 1. The summed E-state index contributed by atoms with van der Waals surface area (Å²) in [6.45, 7) is 2.53. The van der Waals surface area contributed by atoms with Crippen molar-refractivity contribution in [2.45, 2.75) is 18.9 Å². The van der Waals surface area contributed by atoms with Crippen LogP contribution in [0.3, 0.4) is 0 Å². The second kappa shape index (κ2) is 4.64. The summed E-state index contributed by atoms with van der Waals surface area (Å²) in [6.07, 6.45) is -0.693. The third kappa shape index (κ3) is 2.01. The lowest BCUT2D eigenvalue weighted by atomic mass is 9.94. The lowest BCUT2D eigenvalue weighted by Crippen LogP contribution is -2.11. The highest BCUT2D eigenvalue weighted by Crippen LogP contribution is 2.42. The van der Waals surface area contributed by atoms with Crippen LogP contribution < -0.4 is 4.74 Å². The van der Waals surface area contributed by atoms with E-state index in [-0.39, 0.29) is 5.92 Å². The Kier molecular flexibility index (Phi) is 2.76. The Labute approximate surface area is 122 Å². The van der Waals surface area contributed by atoms with Gasteiger partial charge in [-0.25, -0.2) is 0 Å². The molecular formula is C18H16O3. The Morgan fingerprint density at radius 1 is 1.14 bits per heavy atom. The number of aliphatic hydroxyl groups excluding tert-OH is 1. The van der Waals surface area contributed by atoms with E-state index < -0.39 is 6.10 Å². The molecule has 2 atom stereocenters. The van der Waals surface area contributed by atoms with Crippen LogP contribution in [0, 0.1) is 6.92 Å². The van der Waals surface area contributed by atoms with Crippen LogP contribution >= 0.6 is 0 Å². The standard InChI is InChI=1S/C18H16O3/c1-11-6-7-15-12(8-11)9-17(21-15)18(19)14-10-20-16-5-3-2-4-13(14)16/h2-9,14,18-19H,10H2,1H3. The van der Waals surface area contributed by atoms with Crippen LogP contribution in [0.15, 0.2) is 52.9 Å². The van der Waals surface area contributed by atoms with Gasteiger partial charge in [-0.2, -0.15) is 0 Å². The van der Waals surface area contributed by atoms with Gasteiger partial charge >= 0.3 is 0 Å². The van der Waals surface area contributed by atoms with Crippen molar-refractivity contribution in [2.75, 3.05) is 6.61 Å². The van der Waals surface area contributed by atoms with Gasteiger partial charge in [-0.1, -0.05) is 29.8 Å². The van der Waals surface area contributed by atoms with E-state index in [1.165, 1.54) is 5.56 Å². The topological polar surface area (TPSA) is 42.6 Å². The number of hydrogen-bond donors (Lipinski definition) is 1. The minimum absolute atomic E-state index is 0.0807. The quantitative estimate of drug-likeness (QED) is 0.773. The van der Waals surface area contributed by atoms with Gasteiger partial charge in [0, 0.05) is 10.9 Å². The fourth-order valence-corrected chi connectivity index (χ4v) is 2.98. The minimum atomic E-state index is -0.693. The molecule has 21 heavy (non-hydrogen) atoms. The van der Waals surface area contributed by atoms with Crippen LogP contribution in [-0.2, 0) is 0 Å². The molecule has 3 aromatic rings. The molecule has 106 valence electrons. The van der Waals surface area contributed by atoms with Gasteiger partial charge in [0.2, 0.25) is 0 Å². The molecule has 0 saturated carbocycles. The van der Waals surface area contributed by atoms with Gasteiger partial charge in [-0.3, -0.25) is 0 Å². The van der Waals surface area contributed by atoms with E-state index in [1.54, 1.807) is 0 Å². The molecule has 0 saturated heterocycles. The normalized spacial score (nSPS) is 18.5. The maximum absolute atomic E-state index is 10.7. The Morgan fingerprint density at radius 2 is 2.00 bits per heavy atom. The molecule has 0 radical (unpaired) electrons. The first-order valence-electron chi connectivity index (χ1n) is 7.12. The first kappa shape index (κ1) is 12.5. The SMILES string of the molecule is Cc1ccc2oc(C(O)C3COc4ccccc43)cc2c1. The van der Waals surface area contributed by atoms with Crippen molar-refractivity contribution in [3.63, 3.8) is 0 Å². The Hall–Kier alpha value is -2.26. The average molecular weight is 280 g/mol. The van der Waals surface area contributed by atoms with Crippen LogP contribution in [-0.4, -0.2) is 11.7 Å². The minimum Gasteiger partial charge on any atom is -0.493 e. The van der Waals surface area contributed by atoms with Crippen molar-refractivity contribution < 1.29 is 14.3 Å². The molecule has 1 aliphatic heterocycles. The van der Waals surface area contributed by atoms with Crippen molar-refractivity contribution in [3.05, 3.63) is 65.4 Å². The number of furan rings is 1. The molecule has 0 aliphatic carbocycles. The summed E-state index contributed by atoms with van der Waals surface area (Å²) >= 11 is 0. The highest BCUT2D eigenvalue weighted by atomic mass is 16.5. The molecule has 1 N–H and O–H groups in total. The number of fused-ring (bicyclic) bond motifs is 2. The molecule has 4 rings (SSSR count). The Balaban J connectivity index is 1.72. The lowest BCUT2D eigenvalue weighted by Gasteiger charge is -2.14. The zero-order valence-corrected chi connectivity index (χ0v) is 11.7. The lowest BCUT2D eigenvalue weighted by molar-refractivity contribution is 0.109. The number of rotatable bonds is 2. The van der Waals surface area contributed by atoms with E-state index in [0.29, 0.717) is 12.4 Å². The maximum Gasteiger partial charge on any atom is 0.134 e. The molecule has 3 nitrogen and oxygen atoms in total. The van der Waals surface area contributed by atoms with Gasteiger partial charge in [0.1, 0.15) is 23.2 Å². The third-order valence-corrected chi connectivity index (χ3v) is 4.10. The van der Waals surface area contributed by atoms with Crippen LogP contribution in [0.4, 0.5) is 0 Å². The van der Waals surface area contributed by atoms with Gasteiger partial charge in [0.05, 0.1) is 12.5 Å². The molecule has 1 aliphatic rings. The number of ether oxygens (including phenoxy) is 1. The Morgan fingerprint density at radius 3 is 2.90 bits per heavy atom. The Bertz CT molecular complexity index is 803. The van der Waals surface area contributed by atoms with Gasteiger partial charge in [0.15, 0.2) is 0 Å².